The van der Waals surface area contributed by atoms with E-state index in [1.165, 1.54) is 18.9 Å². The van der Waals surface area contributed by atoms with E-state index >= 15 is 0 Å². The Kier molecular flexibility index (Phi) is 7.01. The quantitative estimate of drug-likeness (QED) is 0.508. The number of carbonyl (C=O) groups is 1. The second-order valence-electron chi connectivity index (χ2n) is 6.66. The van der Waals surface area contributed by atoms with Crippen molar-refractivity contribution in [1.82, 2.24) is 10.6 Å². The maximum Gasteiger partial charge on any atom is 0.293 e. The number of benzene rings is 1. The van der Waals surface area contributed by atoms with Crippen molar-refractivity contribution in [2.45, 2.75) is 38.1 Å². The highest BCUT2D eigenvalue weighted by atomic mass is 35.5. The molecule has 0 aromatic heterocycles. The summed E-state index contributed by atoms with van der Waals surface area (Å²) in [5, 5.41) is 20.6. The highest BCUT2D eigenvalue weighted by molar-refractivity contribution is 5.95. The zero-order valence-corrected chi connectivity index (χ0v) is 14.9. The molecule has 7 nitrogen and oxygen atoms in total. The van der Waals surface area contributed by atoms with Crippen molar-refractivity contribution in [3.63, 3.8) is 0 Å². The van der Waals surface area contributed by atoms with E-state index < -0.39 is 4.92 Å². The third kappa shape index (κ3) is 5.57. The number of nitro groups is 1. The van der Waals surface area contributed by atoms with Crippen LogP contribution in [0.3, 0.4) is 0 Å². The van der Waals surface area contributed by atoms with Crippen LogP contribution in [0.25, 0.3) is 0 Å². The number of amides is 1. The van der Waals surface area contributed by atoms with Crippen LogP contribution < -0.4 is 16.0 Å². The predicted octanol–water partition coefficient (Wildman–Crippen LogP) is 2.71. The smallest absolute Gasteiger partial charge is 0.293 e. The lowest BCUT2D eigenvalue weighted by atomic mass is 9.96. The molecule has 0 bridgehead atoms. The van der Waals surface area contributed by atoms with Gasteiger partial charge >= 0.3 is 0 Å². The van der Waals surface area contributed by atoms with Crippen molar-refractivity contribution in [3.05, 3.63) is 33.9 Å². The molecule has 0 spiro atoms. The van der Waals surface area contributed by atoms with E-state index in [-0.39, 0.29) is 24.0 Å². The van der Waals surface area contributed by atoms with Gasteiger partial charge in [-0.2, -0.15) is 0 Å². The second-order valence-corrected chi connectivity index (χ2v) is 6.66. The molecule has 1 aliphatic carbocycles. The number of nitrogens with zero attached hydrogens (tertiary/aromatic N) is 1. The average Bonchev–Trinajstić information content (AvgIpc) is 3.40. The number of nitro benzene ring substituents is 1. The molecule has 138 valence electrons. The van der Waals surface area contributed by atoms with Gasteiger partial charge in [0.15, 0.2) is 0 Å². The predicted molar refractivity (Wildman–Crippen MR) is 99.5 cm³/mol. The fourth-order valence-corrected chi connectivity index (χ4v) is 3.06. The molecule has 1 saturated carbocycles. The van der Waals surface area contributed by atoms with Crippen LogP contribution in [-0.4, -0.2) is 36.5 Å². The Morgan fingerprint density at radius 3 is 2.76 bits per heavy atom. The number of hydrogen-bond donors (Lipinski definition) is 3. The van der Waals surface area contributed by atoms with Crippen LogP contribution in [0.15, 0.2) is 18.2 Å². The molecular weight excluding hydrogens is 344 g/mol. The molecule has 2 aliphatic rings. The van der Waals surface area contributed by atoms with E-state index in [0.717, 1.165) is 32.4 Å². The number of carbonyl (C=O) groups excluding carboxylic acids is 1. The average molecular weight is 369 g/mol. The number of hydrogen-bond acceptors (Lipinski definition) is 5. The maximum atomic E-state index is 12.2. The number of halogens is 1. The Bertz CT molecular complexity index is 616. The molecule has 1 unspecified atom stereocenters. The largest absolute Gasteiger partial charge is 0.377 e. The van der Waals surface area contributed by atoms with E-state index in [0.29, 0.717) is 29.8 Å². The highest BCUT2D eigenvalue weighted by Crippen LogP contribution is 2.31. The monoisotopic (exact) mass is 368 g/mol. The first-order chi connectivity index (χ1) is 11.6. The van der Waals surface area contributed by atoms with E-state index in [2.05, 4.69) is 16.0 Å². The SMILES string of the molecule is Cl.O=C(NCCC1CCCNC1)c1ccc(NC2CC2)c([N+](=O)[O-])c1. The lowest BCUT2D eigenvalue weighted by Gasteiger charge is -2.22. The molecule has 3 rings (SSSR count). The molecule has 2 fully saturated rings. The van der Waals surface area contributed by atoms with Gasteiger partial charge in [0.05, 0.1) is 4.92 Å². The summed E-state index contributed by atoms with van der Waals surface area (Å²) in [6.07, 6.45) is 5.38. The molecular formula is C17H25ClN4O3. The van der Waals surface area contributed by atoms with Gasteiger partial charge in [0, 0.05) is 24.2 Å². The zero-order valence-electron chi connectivity index (χ0n) is 14.1. The highest BCUT2D eigenvalue weighted by Gasteiger charge is 2.25. The van der Waals surface area contributed by atoms with Gasteiger partial charge in [-0.05, 0) is 63.2 Å². The van der Waals surface area contributed by atoms with E-state index in [1.54, 1.807) is 12.1 Å². The summed E-state index contributed by atoms with van der Waals surface area (Å²) < 4.78 is 0. The summed E-state index contributed by atoms with van der Waals surface area (Å²) in [6.45, 7) is 2.68. The third-order valence-electron chi connectivity index (χ3n) is 4.63. The minimum atomic E-state index is -0.435. The summed E-state index contributed by atoms with van der Waals surface area (Å²) >= 11 is 0. The maximum absolute atomic E-state index is 12.2. The first kappa shape index (κ1) is 19.5. The molecule has 3 N–H and O–H groups in total. The molecule has 1 aromatic carbocycles. The van der Waals surface area contributed by atoms with Crippen LogP contribution in [0.4, 0.5) is 11.4 Å². The van der Waals surface area contributed by atoms with Gasteiger partial charge in [0.25, 0.3) is 11.6 Å². The van der Waals surface area contributed by atoms with Crippen molar-refractivity contribution in [3.8, 4) is 0 Å². The van der Waals surface area contributed by atoms with Crippen LogP contribution in [-0.2, 0) is 0 Å². The molecule has 1 heterocycles. The molecule has 1 saturated heterocycles. The fourth-order valence-electron chi connectivity index (χ4n) is 3.06. The third-order valence-corrected chi connectivity index (χ3v) is 4.63. The molecule has 1 aromatic rings. The van der Waals surface area contributed by atoms with Gasteiger partial charge < -0.3 is 16.0 Å². The first-order valence-corrected chi connectivity index (χ1v) is 8.67. The first-order valence-electron chi connectivity index (χ1n) is 8.67. The number of nitrogens with one attached hydrogen (secondary N) is 3. The van der Waals surface area contributed by atoms with Crippen LogP contribution in [0.1, 0.15) is 42.5 Å². The Balaban J connectivity index is 0.00000225. The topological polar surface area (TPSA) is 96.3 Å². The fraction of sp³-hybridized carbons (Fsp3) is 0.588. The van der Waals surface area contributed by atoms with E-state index in [1.807, 2.05) is 0 Å². The molecule has 0 radical (unpaired) electrons. The Morgan fingerprint density at radius 1 is 1.32 bits per heavy atom. The van der Waals surface area contributed by atoms with Crippen molar-refractivity contribution >= 4 is 29.7 Å². The number of rotatable bonds is 7. The van der Waals surface area contributed by atoms with Gasteiger partial charge in [-0.1, -0.05) is 0 Å². The number of anilines is 1. The molecule has 1 amide bonds. The minimum Gasteiger partial charge on any atom is -0.377 e. The standard InChI is InChI=1S/C17H24N4O3.ClH/c22-17(19-9-7-12-2-1-8-18-11-12)13-3-6-15(20-14-4-5-14)16(10-13)21(23)24;/h3,6,10,12,14,18,20H,1-2,4-5,7-9,11H2,(H,19,22);1H. The summed E-state index contributed by atoms with van der Waals surface area (Å²) in [4.78, 5) is 23.0. The van der Waals surface area contributed by atoms with Crippen molar-refractivity contribution in [2.75, 3.05) is 25.0 Å². The normalized spacial score (nSPS) is 19.6. The zero-order chi connectivity index (χ0) is 16.9. The van der Waals surface area contributed by atoms with Crippen LogP contribution >= 0.6 is 12.4 Å². The van der Waals surface area contributed by atoms with Gasteiger partial charge in [0.1, 0.15) is 5.69 Å². The van der Waals surface area contributed by atoms with Crippen LogP contribution in [0.2, 0.25) is 0 Å². The Labute approximate surface area is 153 Å². The van der Waals surface area contributed by atoms with Gasteiger partial charge in [-0.25, -0.2) is 0 Å². The molecule has 1 aliphatic heterocycles. The van der Waals surface area contributed by atoms with Crippen molar-refractivity contribution in [2.24, 2.45) is 5.92 Å². The number of piperidine rings is 1. The van der Waals surface area contributed by atoms with Gasteiger partial charge in [-0.15, -0.1) is 12.4 Å². The Morgan fingerprint density at radius 2 is 2.12 bits per heavy atom. The second kappa shape index (κ2) is 9.01. The van der Waals surface area contributed by atoms with Crippen molar-refractivity contribution in [1.29, 1.82) is 0 Å². The molecule has 25 heavy (non-hydrogen) atoms. The van der Waals surface area contributed by atoms with Crippen molar-refractivity contribution < 1.29 is 9.72 Å². The Hall–Kier alpha value is -1.86. The summed E-state index contributed by atoms with van der Waals surface area (Å²) in [5.41, 5.74) is 0.795. The van der Waals surface area contributed by atoms with Crippen LogP contribution in [0, 0.1) is 16.0 Å². The summed E-state index contributed by atoms with van der Waals surface area (Å²) in [5.74, 6) is 0.346. The summed E-state index contributed by atoms with van der Waals surface area (Å²) in [6, 6.07) is 4.97. The molecule has 1 atom stereocenters. The van der Waals surface area contributed by atoms with Gasteiger partial charge in [0.2, 0.25) is 0 Å². The van der Waals surface area contributed by atoms with Crippen LogP contribution in [0.5, 0.6) is 0 Å². The van der Waals surface area contributed by atoms with E-state index in [9.17, 15) is 14.9 Å². The lowest BCUT2D eigenvalue weighted by Crippen LogP contribution is -2.33. The van der Waals surface area contributed by atoms with E-state index in [4.69, 9.17) is 0 Å². The minimum absolute atomic E-state index is 0. The summed E-state index contributed by atoms with van der Waals surface area (Å²) in [7, 11) is 0. The molecule has 8 heteroatoms. The van der Waals surface area contributed by atoms with Gasteiger partial charge in [-0.3, -0.25) is 14.9 Å². The lowest BCUT2D eigenvalue weighted by molar-refractivity contribution is -0.384.